The highest BCUT2D eigenvalue weighted by molar-refractivity contribution is 7.13. The number of carbonyl (C=O) groups excluding carboxylic acids is 2. The van der Waals surface area contributed by atoms with Gasteiger partial charge in [0, 0.05) is 13.0 Å². The largest absolute Gasteiger partial charge is 0.456 e. The molecular formula is C18H16FN3O4S. The Balaban J connectivity index is 1.35. The van der Waals surface area contributed by atoms with E-state index in [1.54, 1.807) is 12.1 Å². The highest BCUT2D eigenvalue weighted by Crippen LogP contribution is 2.21. The number of hydrogen-bond acceptors (Lipinski definition) is 7. The average molecular weight is 389 g/mol. The molecule has 1 amide bonds. The number of ether oxygens (including phenoxy) is 1. The lowest BCUT2D eigenvalue weighted by atomic mass is 10.2. The number of benzene rings is 1. The number of aromatic nitrogens is 2. The number of halogens is 1. The predicted molar refractivity (Wildman–Crippen MR) is 95.1 cm³/mol. The first kappa shape index (κ1) is 18.7. The van der Waals surface area contributed by atoms with Crippen LogP contribution in [-0.2, 0) is 27.3 Å². The van der Waals surface area contributed by atoms with Crippen molar-refractivity contribution in [3.63, 3.8) is 0 Å². The molecule has 2 aromatic heterocycles. The van der Waals surface area contributed by atoms with E-state index in [2.05, 4.69) is 15.5 Å². The van der Waals surface area contributed by atoms with E-state index in [1.165, 1.54) is 23.5 Å². The van der Waals surface area contributed by atoms with Crippen molar-refractivity contribution in [2.24, 2.45) is 0 Å². The van der Waals surface area contributed by atoms with Crippen LogP contribution in [0.1, 0.15) is 17.9 Å². The van der Waals surface area contributed by atoms with E-state index in [1.807, 2.05) is 17.5 Å². The fraction of sp³-hybridized carbons (Fsp3) is 0.222. The van der Waals surface area contributed by atoms with E-state index < -0.39 is 11.9 Å². The molecule has 1 N–H and O–H groups in total. The van der Waals surface area contributed by atoms with Crippen molar-refractivity contribution in [3.05, 3.63) is 59.0 Å². The third-order valence-electron chi connectivity index (χ3n) is 3.52. The molecular weight excluding hydrogens is 373 g/mol. The van der Waals surface area contributed by atoms with Gasteiger partial charge in [-0.25, -0.2) is 4.39 Å². The van der Waals surface area contributed by atoms with Crippen LogP contribution in [0.5, 0.6) is 0 Å². The Hall–Kier alpha value is -3.07. The van der Waals surface area contributed by atoms with Gasteiger partial charge in [0.05, 0.1) is 11.3 Å². The number of amides is 1. The predicted octanol–water partition coefficient (Wildman–Crippen LogP) is 2.73. The Kier molecular flexibility index (Phi) is 6.26. The summed E-state index contributed by atoms with van der Waals surface area (Å²) in [6.07, 6.45) is 0.256. The molecule has 3 aromatic rings. The number of hydrogen-bond donors (Lipinski definition) is 1. The Morgan fingerprint density at radius 1 is 1.22 bits per heavy atom. The van der Waals surface area contributed by atoms with Crippen LogP contribution in [0.4, 0.5) is 4.39 Å². The maximum Gasteiger partial charge on any atom is 0.306 e. The van der Waals surface area contributed by atoms with Gasteiger partial charge in [-0.1, -0.05) is 23.4 Å². The lowest BCUT2D eigenvalue weighted by molar-refractivity contribution is -0.148. The van der Waals surface area contributed by atoms with Crippen molar-refractivity contribution in [1.82, 2.24) is 15.5 Å². The summed E-state index contributed by atoms with van der Waals surface area (Å²) < 4.78 is 22.8. The molecule has 27 heavy (non-hydrogen) atoms. The summed E-state index contributed by atoms with van der Waals surface area (Å²) >= 11 is 1.49. The Morgan fingerprint density at radius 2 is 2.04 bits per heavy atom. The molecule has 0 aliphatic carbocycles. The summed E-state index contributed by atoms with van der Waals surface area (Å²) in [6, 6.07) is 9.51. The quantitative estimate of drug-likeness (QED) is 0.596. The SMILES string of the molecule is O=C(COC(=O)CCc1nc(-c2cccs2)no1)NCc1ccc(F)cc1. The van der Waals surface area contributed by atoms with Crippen LogP contribution in [-0.4, -0.2) is 28.6 Å². The van der Waals surface area contributed by atoms with Crippen molar-refractivity contribution in [1.29, 1.82) is 0 Å². The van der Waals surface area contributed by atoms with E-state index in [0.29, 0.717) is 11.7 Å². The van der Waals surface area contributed by atoms with Crippen LogP contribution in [0, 0.1) is 5.82 Å². The first-order valence-electron chi connectivity index (χ1n) is 8.13. The normalized spacial score (nSPS) is 10.6. The molecule has 0 fully saturated rings. The molecule has 3 rings (SSSR count). The number of rotatable bonds is 8. The first-order chi connectivity index (χ1) is 13.1. The van der Waals surface area contributed by atoms with Gasteiger partial charge in [-0.3, -0.25) is 9.59 Å². The Bertz CT molecular complexity index is 894. The van der Waals surface area contributed by atoms with Crippen LogP contribution < -0.4 is 5.32 Å². The highest BCUT2D eigenvalue weighted by atomic mass is 32.1. The minimum Gasteiger partial charge on any atom is -0.456 e. The summed E-state index contributed by atoms with van der Waals surface area (Å²) in [5, 5.41) is 8.35. The Labute approximate surface area is 158 Å². The van der Waals surface area contributed by atoms with Crippen molar-refractivity contribution < 1.29 is 23.2 Å². The van der Waals surface area contributed by atoms with Crippen LogP contribution in [0.15, 0.2) is 46.3 Å². The summed E-state index contributed by atoms with van der Waals surface area (Å²) in [7, 11) is 0. The molecule has 0 atom stereocenters. The first-order valence-corrected chi connectivity index (χ1v) is 9.01. The standard InChI is InChI=1S/C18H16FN3O4S/c19-13-5-3-12(4-6-13)10-20-15(23)11-25-17(24)8-7-16-21-18(22-26-16)14-2-1-9-27-14/h1-6,9H,7-8,10-11H2,(H,20,23). The van der Waals surface area contributed by atoms with Gasteiger partial charge in [-0.05, 0) is 29.1 Å². The molecule has 0 saturated heterocycles. The minimum atomic E-state index is -0.539. The van der Waals surface area contributed by atoms with Crippen molar-refractivity contribution in [2.75, 3.05) is 6.61 Å². The fourth-order valence-corrected chi connectivity index (χ4v) is 2.79. The third kappa shape index (κ3) is 5.71. The maximum absolute atomic E-state index is 12.8. The third-order valence-corrected chi connectivity index (χ3v) is 4.39. The van der Waals surface area contributed by atoms with E-state index in [-0.39, 0.29) is 31.8 Å². The molecule has 140 valence electrons. The zero-order chi connectivity index (χ0) is 19.1. The molecule has 0 aliphatic rings. The lowest BCUT2D eigenvalue weighted by Crippen LogP contribution is -2.28. The average Bonchev–Trinajstić information content (AvgIpc) is 3.35. The monoisotopic (exact) mass is 389 g/mol. The molecule has 1 aromatic carbocycles. The number of aryl methyl sites for hydroxylation is 1. The second kappa shape index (κ2) is 9.04. The summed E-state index contributed by atoms with van der Waals surface area (Å²) in [4.78, 5) is 28.5. The molecule has 0 saturated carbocycles. The molecule has 0 radical (unpaired) electrons. The molecule has 0 unspecified atom stereocenters. The minimum absolute atomic E-state index is 0.0251. The van der Waals surface area contributed by atoms with Crippen molar-refractivity contribution in [2.45, 2.75) is 19.4 Å². The smallest absolute Gasteiger partial charge is 0.306 e. The summed E-state index contributed by atoms with van der Waals surface area (Å²) in [6.45, 7) is -0.158. The van der Waals surface area contributed by atoms with Gasteiger partial charge in [0.25, 0.3) is 5.91 Å². The number of carbonyl (C=O) groups is 2. The van der Waals surface area contributed by atoms with E-state index in [0.717, 1.165) is 10.4 Å². The Morgan fingerprint density at radius 3 is 2.78 bits per heavy atom. The van der Waals surface area contributed by atoms with Gasteiger partial charge in [-0.2, -0.15) is 4.98 Å². The summed E-state index contributed by atoms with van der Waals surface area (Å²) in [5.74, 6) is -0.513. The number of nitrogens with zero attached hydrogens (tertiary/aromatic N) is 2. The van der Waals surface area contributed by atoms with Crippen molar-refractivity contribution in [3.8, 4) is 10.7 Å². The van der Waals surface area contributed by atoms with Gasteiger partial charge in [0.2, 0.25) is 11.7 Å². The van der Waals surface area contributed by atoms with Gasteiger partial charge in [0.15, 0.2) is 6.61 Å². The van der Waals surface area contributed by atoms with Crippen LogP contribution in [0.3, 0.4) is 0 Å². The molecule has 2 heterocycles. The van der Waals surface area contributed by atoms with E-state index in [4.69, 9.17) is 9.26 Å². The second-order valence-corrected chi connectivity index (χ2v) is 6.50. The molecule has 0 bridgehead atoms. The zero-order valence-electron chi connectivity index (χ0n) is 14.2. The lowest BCUT2D eigenvalue weighted by Gasteiger charge is -2.06. The number of esters is 1. The highest BCUT2D eigenvalue weighted by Gasteiger charge is 2.13. The molecule has 9 heteroatoms. The number of thiophene rings is 1. The number of nitrogens with one attached hydrogen (secondary N) is 1. The molecule has 0 spiro atoms. The van der Waals surface area contributed by atoms with E-state index in [9.17, 15) is 14.0 Å². The van der Waals surface area contributed by atoms with Gasteiger partial charge >= 0.3 is 5.97 Å². The topological polar surface area (TPSA) is 94.3 Å². The summed E-state index contributed by atoms with van der Waals surface area (Å²) in [5.41, 5.74) is 0.744. The zero-order valence-corrected chi connectivity index (χ0v) is 15.0. The maximum atomic E-state index is 12.8. The molecule has 7 nitrogen and oxygen atoms in total. The van der Waals surface area contributed by atoms with Crippen LogP contribution in [0.25, 0.3) is 10.7 Å². The second-order valence-electron chi connectivity index (χ2n) is 5.55. The van der Waals surface area contributed by atoms with Crippen LogP contribution in [0.2, 0.25) is 0 Å². The van der Waals surface area contributed by atoms with Crippen molar-refractivity contribution >= 4 is 23.2 Å². The van der Waals surface area contributed by atoms with Gasteiger partial charge < -0.3 is 14.6 Å². The fourth-order valence-electron chi connectivity index (χ4n) is 2.14. The molecule has 0 aliphatic heterocycles. The van der Waals surface area contributed by atoms with Gasteiger partial charge in [0.1, 0.15) is 5.82 Å². The van der Waals surface area contributed by atoms with E-state index >= 15 is 0 Å². The van der Waals surface area contributed by atoms with Crippen LogP contribution >= 0.6 is 11.3 Å². The van der Waals surface area contributed by atoms with Gasteiger partial charge in [-0.15, -0.1) is 11.3 Å².